The molecule has 1 aliphatic heterocycles. The molecule has 3 atom stereocenters. The largest absolute Gasteiger partial charge is 0.462 e. The standard InChI is InChI=1S/C23H24N2O4/c1-14(2)13-29-23(26)16-9-10-21-20(12-16)18-7-4-8-19(18)22(24-21)15-5-3-6-17(11-15)25(27)28/h3-7,9-12,14,18-19,22,24H,8,13H2,1-2H3/t18-,19-,22+/m0/s1. The summed E-state index contributed by atoms with van der Waals surface area (Å²) >= 11 is 0. The minimum atomic E-state index is -0.361. The summed E-state index contributed by atoms with van der Waals surface area (Å²) in [6.07, 6.45) is 5.21. The fourth-order valence-electron chi connectivity index (χ4n) is 4.21. The van der Waals surface area contributed by atoms with Gasteiger partial charge in [-0.3, -0.25) is 10.1 Å². The van der Waals surface area contributed by atoms with E-state index >= 15 is 0 Å². The molecule has 0 unspecified atom stereocenters. The van der Waals surface area contributed by atoms with Crippen LogP contribution in [0.15, 0.2) is 54.6 Å². The minimum Gasteiger partial charge on any atom is -0.462 e. The van der Waals surface area contributed by atoms with Crippen LogP contribution in [0.5, 0.6) is 0 Å². The lowest BCUT2D eigenvalue weighted by atomic mass is 9.76. The number of nitrogens with zero attached hydrogens (tertiary/aromatic N) is 1. The highest BCUT2D eigenvalue weighted by atomic mass is 16.6. The van der Waals surface area contributed by atoms with Crippen molar-refractivity contribution in [3.05, 3.63) is 81.4 Å². The van der Waals surface area contributed by atoms with Crippen molar-refractivity contribution in [2.24, 2.45) is 11.8 Å². The number of rotatable bonds is 5. The zero-order valence-electron chi connectivity index (χ0n) is 16.5. The quantitative estimate of drug-likeness (QED) is 0.326. The predicted molar refractivity (Wildman–Crippen MR) is 111 cm³/mol. The van der Waals surface area contributed by atoms with Gasteiger partial charge in [-0.25, -0.2) is 4.79 Å². The number of anilines is 1. The van der Waals surface area contributed by atoms with Gasteiger partial charge < -0.3 is 10.1 Å². The smallest absolute Gasteiger partial charge is 0.338 e. The molecular formula is C23H24N2O4. The highest BCUT2D eigenvalue weighted by Gasteiger charge is 2.38. The number of non-ortho nitro benzene ring substituents is 1. The minimum absolute atomic E-state index is 0.0267. The van der Waals surface area contributed by atoms with Gasteiger partial charge in [-0.2, -0.15) is 0 Å². The van der Waals surface area contributed by atoms with Crippen molar-refractivity contribution in [2.45, 2.75) is 32.2 Å². The van der Waals surface area contributed by atoms with E-state index in [0.717, 1.165) is 23.2 Å². The van der Waals surface area contributed by atoms with Crippen LogP contribution in [0.25, 0.3) is 0 Å². The summed E-state index contributed by atoms with van der Waals surface area (Å²) in [5.74, 6) is 0.386. The van der Waals surface area contributed by atoms with Crippen LogP contribution in [-0.4, -0.2) is 17.5 Å². The van der Waals surface area contributed by atoms with Gasteiger partial charge in [0.15, 0.2) is 0 Å². The maximum Gasteiger partial charge on any atom is 0.338 e. The van der Waals surface area contributed by atoms with E-state index in [1.807, 2.05) is 32.0 Å². The van der Waals surface area contributed by atoms with Gasteiger partial charge >= 0.3 is 5.97 Å². The third-order valence-corrected chi connectivity index (χ3v) is 5.59. The van der Waals surface area contributed by atoms with Gasteiger partial charge in [-0.15, -0.1) is 0 Å². The van der Waals surface area contributed by atoms with E-state index in [0.29, 0.717) is 12.2 Å². The SMILES string of the molecule is CC(C)COC(=O)c1ccc2c(c1)[C@H]1C=CC[C@@H]1[C@@H](c1cccc([N+](=O)[O-])c1)N2. The van der Waals surface area contributed by atoms with Crippen molar-refractivity contribution in [3.8, 4) is 0 Å². The number of nitro groups is 1. The molecule has 1 N–H and O–H groups in total. The molecule has 0 fully saturated rings. The molecule has 2 aromatic rings. The van der Waals surface area contributed by atoms with E-state index < -0.39 is 0 Å². The molecule has 4 rings (SSSR count). The number of carbonyl (C=O) groups is 1. The fraction of sp³-hybridized carbons (Fsp3) is 0.348. The lowest BCUT2D eigenvalue weighted by molar-refractivity contribution is -0.384. The number of benzene rings is 2. The summed E-state index contributed by atoms with van der Waals surface area (Å²) < 4.78 is 5.38. The van der Waals surface area contributed by atoms with Gasteiger partial charge in [0.25, 0.3) is 5.69 Å². The van der Waals surface area contributed by atoms with Gasteiger partial charge in [0.1, 0.15) is 0 Å². The molecule has 6 nitrogen and oxygen atoms in total. The van der Waals surface area contributed by atoms with E-state index in [9.17, 15) is 14.9 Å². The molecule has 1 heterocycles. The third kappa shape index (κ3) is 3.75. The normalized spacial score (nSPS) is 22.0. The van der Waals surface area contributed by atoms with Crippen molar-refractivity contribution in [2.75, 3.05) is 11.9 Å². The summed E-state index contributed by atoms with van der Waals surface area (Å²) in [5, 5.41) is 14.7. The molecule has 2 aromatic carbocycles. The van der Waals surface area contributed by atoms with Crippen molar-refractivity contribution in [3.63, 3.8) is 0 Å². The second kappa shape index (κ2) is 7.70. The van der Waals surface area contributed by atoms with E-state index in [2.05, 4.69) is 17.5 Å². The third-order valence-electron chi connectivity index (χ3n) is 5.59. The first-order valence-electron chi connectivity index (χ1n) is 9.92. The van der Waals surface area contributed by atoms with E-state index in [4.69, 9.17) is 4.74 Å². The van der Waals surface area contributed by atoms with Gasteiger partial charge in [-0.05, 0) is 47.6 Å². The highest BCUT2D eigenvalue weighted by Crippen LogP contribution is 2.50. The summed E-state index contributed by atoms with van der Waals surface area (Å²) in [7, 11) is 0. The molecule has 0 radical (unpaired) electrons. The molecule has 0 bridgehead atoms. The van der Waals surface area contributed by atoms with Gasteiger partial charge in [-0.1, -0.05) is 38.1 Å². The lowest BCUT2D eigenvalue weighted by Gasteiger charge is -2.37. The molecule has 150 valence electrons. The molecule has 0 spiro atoms. The van der Waals surface area contributed by atoms with Crippen LogP contribution in [0.2, 0.25) is 0 Å². The first kappa shape index (κ1) is 19.2. The number of carbonyl (C=O) groups excluding carboxylic acids is 1. The topological polar surface area (TPSA) is 81.5 Å². The van der Waals surface area contributed by atoms with Crippen LogP contribution >= 0.6 is 0 Å². The molecule has 29 heavy (non-hydrogen) atoms. The zero-order chi connectivity index (χ0) is 20.5. The Labute approximate surface area is 169 Å². The van der Waals surface area contributed by atoms with Crippen LogP contribution in [-0.2, 0) is 4.74 Å². The van der Waals surface area contributed by atoms with Crippen LogP contribution in [0, 0.1) is 22.0 Å². The Bertz CT molecular complexity index is 983. The lowest BCUT2D eigenvalue weighted by Crippen LogP contribution is -2.29. The molecule has 0 saturated carbocycles. The van der Waals surface area contributed by atoms with Gasteiger partial charge in [0, 0.05) is 23.7 Å². The Morgan fingerprint density at radius 2 is 2.10 bits per heavy atom. The Balaban J connectivity index is 1.65. The molecule has 0 aromatic heterocycles. The van der Waals surface area contributed by atoms with Crippen molar-refractivity contribution < 1.29 is 14.5 Å². The summed E-state index contributed by atoms with van der Waals surface area (Å²) in [6.45, 7) is 4.41. The van der Waals surface area contributed by atoms with Crippen molar-refractivity contribution in [1.82, 2.24) is 0 Å². The van der Waals surface area contributed by atoms with Crippen molar-refractivity contribution >= 4 is 17.3 Å². The molecule has 2 aliphatic rings. The molecule has 0 saturated heterocycles. The first-order valence-corrected chi connectivity index (χ1v) is 9.92. The highest BCUT2D eigenvalue weighted by molar-refractivity contribution is 5.90. The number of ether oxygens (including phenoxy) is 1. The predicted octanol–water partition coefficient (Wildman–Crippen LogP) is 5.23. The second-order valence-corrected chi connectivity index (χ2v) is 8.12. The summed E-state index contributed by atoms with van der Waals surface area (Å²) in [6, 6.07) is 12.4. The van der Waals surface area contributed by atoms with Gasteiger partial charge in [0.2, 0.25) is 0 Å². The Morgan fingerprint density at radius 3 is 2.86 bits per heavy atom. The Hall–Kier alpha value is -3.15. The maximum absolute atomic E-state index is 12.4. The average Bonchev–Trinajstić information content (AvgIpc) is 3.21. The second-order valence-electron chi connectivity index (χ2n) is 8.12. The van der Waals surface area contributed by atoms with Crippen LogP contribution in [0.4, 0.5) is 11.4 Å². The number of esters is 1. The number of fused-ring (bicyclic) bond motifs is 3. The monoisotopic (exact) mass is 392 g/mol. The number of allylic oxidation sites excluding steroid dienone is 2. The Morgan fingerprint density at radius 1 is 1.28 bits per heavy atom. The van der Waals surface area contributed by atoms with E-state index in [1.165, 1.54) is 6.07 Å². The molecular weight excluding hydrogens is 368 g/mol. The molecule has 0 amide bonds. The number of hydrogen-bond acceptors (Lipinski definition) is 5. The summed E-state index contributed by atoms with van der Waals surface area (Å²) in [4.78, 5) is 23.2. The summed E-state index contributed by atoms with van der Waals surface area (Å²) in [5.41, 5.74) is 3.59. The van der Waals surface area contributed by atoms with E-state index in [1.54, 1.807) is 18.2 Å². The van der Waals surface area contributed by atoms with Crippen LogP contribution < -0.4 is 5.32 Å². The Kier molecular flexibility index (Phi) is 5.09. The van der Waals surface area contributed by atoms with Gasteiger partial charge in [0.05, 0.1) is 23.1 Å². The maximum atomic E-state index is 12.4. The number of nitro benzene ring substituents is 1. The van der Waals surface area contributed by atoms with Crippen molar-refractivity contribution in [1.29, 1.82) is 0 Å². The van der Waals surface area contributed by atoms with Crippen LogP contribution in [0.3, 0.4) is 0 Å². The zero-order valence-corrected chi connectivity index (χ0v) is 16.5. The number of hydrogen-bond donors (Lipinski definition) is 1. The average molecular weight is 392 g/mol. The fourth-order valence-corrected chi connectivity index (χ4v) is 4.21. The molecule has 6 heteroatoms. The van der Waals surface area contributed by atoms with Crippen LogP contribution in [0.1, 0.15) is 53.7 Å². The molecule has 1 aliphatic carbocycles. The number of nitrogens with one attached hydrogen (secondary N) is 1. The van der Waals surface area contributed by atoms with E-state index in [-0.39, 0.29) is 40.4 Å². The first-order chi connectivity index (χ1) is 13.9.